The predicted octanol–water partition coefficient (Wildman–Crippen LogP) is 4.49. The van der Waals surface area contributed by atoms with Gasteiger partial charge in [0.1, 0.15) is 4.83 Å². The molecule has 1 amide bonds. The lowest BCUT2D eigenvalue weighted by Crippen LogP contribution is -2.13. The molecule has 3 rings (SSSR count). The number of aryl methyl sites for hydroxylation is 1. The van der Waals surface area contributed by atoms with Gasteiger partial charge in [-0.15, -0.1) is 11.3 Å². The van der Waals surface area contributed by atoms with Gasteiger partial charge in [0.05, 0.1) is 16.1 Å². The van der Waals surface area contributed by atoms with Gasteiger partial charge >= 0.3 is 6.18 Å². The molecule has 2 heterocycles. The van der Waals surface area contributed by atoms with Crippen molar-refractivity contribution >= 4 is 33.1 Å². The van der Waals surface area contributed by atoms with Crippen LogP contribution in [0.2, 0.25) is 0 Å². The number of fused-ring (bicyclic) bond motifs is 1. The van der Waals surface area contributed by atoms with Gasteiger partial charge in [-0.1, -0.05) is 13.8 Å². The van der Waals surface area contributed by atoms with E-state index in [1.807, 2.05) is 13.8 Å². The molecule has 0 atom stereocenters. The number of amides is 1. The van der Waals surface area contributed by atoms with E-state index in [9.17, 15) is 18.0 Å². The number of anilines is 1. The minimum atomic E-state index is -4.51. The van der Waals surface area contributed by atoms with Crippen molar-refractivity contribution in [1.29, 1.82) is 0 Å². The van der Waals surface area contributed by atoms with Gasteiger partial charge in [0.25, 0.3) is 5.91 Å². The van der Waals surface area contributed by atoms with Crippen LogP contribution in [-0.4, -0.2) is 15.7 Å². The topological polar surface area (TPSA) is 72.9 Å². The monoisotopic (exact) mass is 396 g/mol. The molecule has 1 aromatic carbocycles. The Balaban J connectivity index is 1.94. The van der Waals surface area contributed by atoms with Crippen LogP contribution in [0.1, 0.15) is 46.3 Å². The van der Waals surface area contributed by atoms with Gasteiger partial charge in [0.2, 0.25) is 0 Å². The highest BCUT2D eigenvalue weighted by Crippen LogP contribution is 2.34. The van der Waals surface area contributed by atoms with Gasteiger partial charge in [-0.05, 0) is 35.7 Å². The Bertz CT molecular complexity index is 1000. The van der Waals surface area contributed by atoms with Crippen molar-refractivity contribution in [2.75, 3.05) is 5.32 Å². The average Bonchev–Trinajstić information content (AvgIpc) is 3.14. The van der Waals surface area contributed by atoms with Crippen molar-refractivity contribution in [1.82, 2.24) is 9.78 Å². The highest BCUT2D eigenvalue weighted by atomic mass is 32.1. The quantitative estimate of drug-likeness (QED) is 0.683. The number of thiophene rings is 1. The predicted molar refractivity (Wildman–Crippen MR) is 100.0 cm³/mol. The summed E-state index contributed by atoms with van der Waals surface area (Å²) in [5.41, 5.74) is 5.88. The third kappa shape index (κ3) is 3.84. The van der Waals surface area contributed by atoms with Crippen molar-refractivity contribution in [2.24, 2.45) is 12.8 Å². The van der Waals surface area contributed by atoms with Gasteiger partial charge in [-0.2, -0.15) is 18.3 Å². The van der Waals surface area contributed by atoms with Crippen molar-refractivity contribution in [3.05, 3.63) is 46.0 Å². The van der Waals surface area contributed by atoms with E-state index in [1.165, 1.54) is 17.4 Å². The number of halogens is 3. The van der Waals surface area contributed by atoms with Gasteiger partial charge < -0.3 is 11.1 Å². The minimum absolute atomic E-state index is 0.0565. The molecule has 5 nitrogen and oxygen atoms in total. The highest BCUT2D eigenvalue weighted by molar-refractivity contribution is 7.20. The first-order valence-corrected chi connectivity index (χ1v) is 9.10. The molecule has 0 saturated carbocycles. The Morgan fingerprint density at radius 3 is 2.59 bits per heavy atom. The zero-order chi connectivity index (χ0) is 19.9. The van der Waals surface area contributed by atoms with Crippen LogP contribution in [0.3, 0.4) is 0 Å². The Hall–Kier alpha value is -2.39. The second-order valence-electron chi connectivity index (χ2n) is 6.57. The molecule has 0 spiro atoms. The summed E-state index contributed by atoms with van der Waals surface area (Å²) in [5, 5.41) is 7.89. The number of aromatic nitrogens is 2. The second kappa shape index (κ2) is 6.97. The van der Waals surface area contributed by atoms with Crippen molar-refractivity contribution in [2.45, 2.75) is 32.5 Å². The SMILES string of the molecule is CC(C)c1nn(C)c2sc(C(=O)Nc3cc(CN)cc(C(F)(F)F)c3)cc12. The molecule has 9 heteroatoms. The third-order valence-electron chi connectivity index (χ3n) is 4.12. The molecule has 0 radical (unpaired) electrons. The average molecular weight is 396 g/mol. The van der Waals surface area contributed by atoms with Crippen LogP contribution in [0, 0.1) is 0 Å². The molecule has 0 unspecified atom stereocenters. The minimum Gasteiger partial charge on any atom is -0.326 e. The summed E-state index contributed by atoms with van der Waals surface area (Å²) in [4.78, 5) is 13.8. The number of hydrogen-bond donors (Lipinski definition) is 2. The summed E-state index contributed by atoms with van der Waals surface area (Å²) in [5.74, 6) is -0.275. The molecule has 2 aromatic heterocycles. The summed E-state index contributed by atoms with van der Waals surface area (Å²) in [7, 11) is 1.80. The smallest absolute Gasteiger partial charge is 0.326 e. The lowest BCUT2D eigenvalue weighted by atomic mass is 10.1. The molecular formula is C18H19F3N4OS. The van der Waals surface area contributed by atoms with Crippen LogP contribution in [0.25, 0.3) is 10.2 Å². The lowest BCUT2D eigenvalue weighted by Gasteiger charge is -2.12. The van der Waals surface area contributed by atoms with Gasteiger partial charge in [-0.3, -0.25) is 9.48 Å². The molecule has 0 saturated heterocycles. The number of alkyl halides is 3. The number of carbonyl (C=O) groups is 1. The zero-order valence-electron chi connectivity index (χ0n) is 15.0. The number of carbonyl (C=O) groups excluding carboxylic acids is 1. The van der Waals surface area contributed by atoms with E-state index in [2.05, 4.69) is 10.4 Å². The summed E-state index contributed by atoms with van der Waals surface area (Å²) in [6.45, 7) is 3.96. The number of nitrogens with one attached hydrogen (secondary N) is 1. The molecule has 0 aliphatic carbocycles. The maximum absolute atomic E-state index is 13.0. The number of hydrogen-bond acceptors (Lipinski definition) is 4. The van der Waals surface area contributed by atoms with Crippen LogP contribution in [-0.2, 0) is 19.8 Å². The third-order valence-corrected chi connectivity index (χ3v) is 5.33. The van der Waals surface area contributed by atoms with E-state index < -0.39 is 17.6 Å². The Morgan fingerprint density at radius 1 is 1.30 bits per heavy atom. The fraction of sp³-hybridized carbons (Fsp3) is 0.333. The molecule has 3 N–H and O–H groups in total. The normalized spacial score (nSPS) is 12.1. The summed E-state index contributed by atoms with van der Waals surface area (Å²) in [6.07, 6.45) is -4.51. The largest absolute Gasteiger partial charge is 0.416 e. The van der Waals surface area contributed by atoms with E-state index in [1.54, 1.807) is 17.8 Å². The Morgan fingerprint density at radius 2 is 2.00 bits per heavy atom. The maximum atomic E-state index is 13.0. The molecule has 27 heavy (non-hydrogen) atoms. The fourth-order valence-electron chi connectivity index (χ4n) is 2.84. The van der Waals surface area contributed by atoms with E-state index in [0.717, 1.165) is 28.0 Å². The van der Waals surface area contributed by atoms with Gasteiger partial charge in [0, 0.05) is 24.7 Å². The molecule has 0 aliphatic heterocycles. The zero-order valence-corrected chi connectivity index (χ0v) is 15.8. The van der Waals surface area contributed by atoms with Crippen LogP contribution in [0.15, 0.2) is 24.3 Å². The molecule has 0 aliphatic rings. The van der Waals surface area contributed by atoms with Gasteiger partial charge in [-0.25, -0.2) is 0 Å². The standard InChI is InChI=1S/C18H19F3N4OS/c1-9(2)15-13-7-14(27-17(13)25(3)24-15)16(26)23-12-5-10(8-22)4-11(6-12)18(19,20)21/h4-7,9H,8,22H2,1-3H3,(H,23,26). The summed E-state index contributed by atoms with van der Waals surface area (Å²) >= 11 is 1.25. The molecular weight excluding hydrogens is 377 g/mol. The molecule has 0 bridgehead atoms. The number of rotatable bonds is 4. The lowest BCUT2D eigenvalue weighted by molar-refractivity contribution is -0.137. The first kappa shape index (κ1) is 19.4. The highest BCUT2D eigenvalue weighted by Gasteiger charge is 2.31. The van der Waals surface area contributed by atoms with E-state index >= 15 is 0 Å². The molecule has 144 valence electrons. The van der Waals surface area contributed by atoms with Gasteiger partial charge in [0.15, 0.2) is 0 Å². The summed E-state index contributed by atoms with van der Waals surface area (Å²) < 4.78 is 40.8. The van der Waals surface area contributed by atoms with E-state index in [-0.39, 0.29) is 18.2 Å². The summed E-state index contributed by atoms with van der Waals surface area (Å²) in [6, 6.07) is 5.07. The van der Waals surface area contributed by atoms with Crippen LogP contribution < -0.4 is 11.1 Å². The van der Waals surface area contributed by atoms with Crippen LogP contribution in [0.5, 0.6) is 0 Å². The Kier molecular flexibility index (Phi) is 5.00. The first-order valence-electron chi connectivity index (χ1n) is 8.29. The van der Waals surface area contributed by atoms with Crippen LogP contribution in [0.4, 0.5) is 18.9 Å². The number of benzene rings is 1. The fourth-order valence-corrected chi connectivity index (χ4v) is 3.82. The maximum Gasteiger partial charge on any atom is 0.416 e. The number of nitrogens with two attached hydrogens (primary N) is 1. The van der Waals surface area contributed by atoms with Crippen molar-refractivity contribution in [3.63, 3.8) is 0 Å². The van der Waals surface area contributed by atoms with Crippen molar-refractivity contribution < 1.29 is 18.0 Å². The Labute approximate surface area is 158 Å². The molecule has 0 fully saturated rings. The van der Waals surface area contributed by atoms with Crippen LogP contribution >= 0.6 is 11.3 Å². The van der Waals surface area contributed by atoms with E-state index in [4.69, 9.17) is 5.73 Å². The second-order valence-corrected chi connectivity index (χ2v) is 7.60. The first-order chi connectivity index (χ1) is 12.6. The number of nitrogens with zero attached hydrogens (tertiary/aromatic N) is 2. The van der Waals surface area contributed by atoms with Crippen molar-refractivity contribution in [3.8, 4) is 0 Å². The molecule has 3 aromatic rings. The van der Waals surface area contributed by atoms with E-state index in [0.29, 0.717) is 10.4 Å².